The largest absolute Gasteiger partial charge is 0.434 e. The molecule has 4 rings (SSSR count). The number of rotatable bonds is 3. The quantitative estimate of drug-likeness (QED) is 0.558. The van der Waals surface area contributed by atoms with Crippen LogP contribution in [0.5, 0.6) is 0 Å². The number of nitrogens with zero attached hydrogens (tertiary/aromatic N) is 3. The zero-order valence-electron chi connectivity index (χ0n) is 11.5. The fourth-order valence-corrected chi connectivity index (χ4v) is 2.76. The van der Waals surface area contributed by atoms with Crippen LogP contribution in [0.1, 0.15) is 10.6 Å². The lowest BCUT2D eigenvalue weighted by Crippen LogP contribution is -1.75. The summed E-state index contributed by atoms with van der Waals surface area (Å²) in [6, 6.07) is 17.7. The molecule has 4 nitrogen and oxygen atoms in total. The first kappa shape index (κ1) is 12.9. The van der Waals surface area contributed by atoms with Crippen LogP contribution in [0.15, 0.2) is 59.0 Å². The highest BCUT2D eigenvalue weighted by atomic mass is 32.1. The van der Waals surface area contributed by atoms with Crippen LogP contribution in [0.2, 0.25) is 0 Å². The fraction of sp³-hybridized carbons (Fsp3) is 0. The highest BCUT2D eigenvalue weighted by molar-refractivity contribution is 7.15. The molecule has 0 aliphatic carbocycles. The minimum Gasteiger partial charge on any atom is -0.434 e. The van der Waals surface area contributed by atoms with Crippen LogP contribution >= 0.6 is 11.3 Å². The van der Waals surface area contributed by atoms with Gasteiger partial charge in [-0.1, -0.05) is 59.9 Å². The molecular formula is C17H11N3OS. The Bertz CT molecular complexity index is 908. The molecule has 0 saturated heterocycles. The number of hydrogen-bond acceptors (Lipinski definition) is 5. The number of hydrogen-bond donors (Lipinski definition) is 0. The van der Waals surface area contributed by atoms with Crippen LogP contribution in [0.4, 0.5) is 0 Å². The number of fused-ring (bicyclic) bond motifs is 1. The van der Waals surface area contributed by atoms with E-state index in [0.717, 1.165) is 21.7 Å². The highest BCUT2D eigenvalue weighted by Gasteiger charge is 2.12. The molecule has 0 radical (unpaired) electrons. The number of benzene rings is 2. The third-order valence-corrected chi connectivity index (χ3v) is 4.01. The second-order valence-corrected chi connectivity index (χ2v) is 5.69. The number of aromatic nitrogens is 3. The molecule has 0 amide bonds. The van der Waals surface area contributed by atoms with Crippen molar-refractivity contribution in [2.24, 2.45) is 0 Å². The van der Waals surface area contributed by atoms with E-state index >= 15 is 0 Å². The van der Waals surface area contributed by atoms with Gasteiger partial charge in [0.25, 0.3) is 5.89 Å². The molecule has 5 heteroatoms. The van der Waals surface area contributed by atoms with Gasteiger partial charge in [0.05, 0.1) is 0 Å². The molecule has 0 bridgehead atoms. The van der Waals surface area contributed by atoms with Gasteiger partial charge in [-0.15, -0.1) is 10.2 Å². The molecule has 106 valence electrons. The summed E-state index contributed by atoms with van der Waals surface area (Å²) in [5.41, 5.74) is 2.71. The van der Waals surface area contributed by atoms with Crippen molar-refractivity contribution in [2.75, 3.05) is 0 Å². The summed E-state index contributed by atoms with van der Waals surface area (Å²) in [6.45, 7) is 0. The monoisotopic (exact) mass is 305 g/mol. The van der Waals surface area contributed by atoms with Gasteiger partial charge in [-0.2, -0.15) is 0 Å². The van der Waals surface area contributed by atoms with E-state index < -0.39 is 0 Å². The van der Waals surface area contributed by atoms with Gasteiger partial charge >= 0.3 is 0 Å². The molecule has 4 aromatic rings. The molecule has 0 saturated carbocycles. The maximum atomic E-state index is 5.70. The summed E-state index contributed by atoms with van der Waals surface area (Å²) >= 11 is 1.46. The second kappa shape index (κ2) is 5.54. The van der Waals surface area contributed by atoms with Crippen molar-refractivity contribution in [1.82, 2.24) is 15.2 Å². The Balaban J connectivity index is 1.62. The van der Waals surface area contributed by atoms with Gasteiger partial charge in [-0.25, -0.2) is 4.98 Å². The van der Waals surface area contributed by atoms with E-state index in [9.17, 15) is 0 Å². The third kappa shape index (κ3) is 2.54. The van der Waals surface area contributed by atoms with Gasteiger partial charge in [-0.3, -0.25) is 0 Å². The molecule has 0 atom stereocenters. The summed E-state index contributed by atoms with van der Waals surface area (Å²) in [5, 5.41) is 9.82. The Labute approximate surface area is 130 Å². The first-order valence-corrected chi connectivity index (χ1v) is 7.63. The van der Waals surface area contributed by atoms with E-state index in [1.54, 1.807) is 0 Å². The molecule has 2 aromatic heterocycles. The van der Waals surface area contributed by atoms with Gasteiger partial charge < -0.3 is 4.42 Å². The Hall–Kier alpha value is -2.79. The molecule has 0 unspecified atom stereocenters. The minimum atomic E-state index is 0.512. The SMILES string of the molecule is C(=Cc1nnc(-c2nc3ccccc3o2)s1)c1ccccc1. The van der Waals surface area contributed by atoms with Crippen LogP contribution in [0.3, 0.4) is 0 Å². The maximum Gasteiger partial charge on any atom is 0.258 e. The van der Waals surface area contributed by atoms with E-state index in [1.807, 2.05) is 66.7 Å². The normalized spacial score (nSPS) is 11.5. The Morgan fingerprint density at radius 1 is 0.864 bits per heavy atom. The van der Waals surface area contributed by atoms with Crippen molar-refractivity contribution in [3.63, 3.8) is 0 Å². The molecule has 0 aliphatic heterocycles. The summed E-state index contributed by atoms with van der Waals surface area (Å²) in [4.78, 5) is 4.43. The van der Waals surface area contributed by atoms with E-state index in [2.05, 4.69) is 15.2 Å². The molecule has 0 spiro atoms. The van der Waals surface area contributed by atoms with E-state index in [1.165, 1.54) is 11.3 Å². The summed E-state index contributed by atoms with van der Waals surface area (Å²) in [6.07, 6.45) is 3.95. The fourth-order valence-electron chi connectivity index (χ4n) is 2.08. The Morgan fingerprint density at radius 2 is 1.68 bits per heavy atom. The molecule has 0 aliphatic rings. The Kier molecular flexibility index (Phi) is 3.25. The van der Waals surface area contributed by atoms with Crippen molar-refractivity contribution in [3.05, 3.63) is 65.2 Å². The van der Waals surface area contributed by atoms with Gasteiger partial charge in [-0.05, 0) is 23.8 Å². The predicted octanol–water partition coefficient (Wildman–Crippen LogP) is 4.52. The van der Waals surface area contributed by atoms with Crippen molar-refractivity contribution < 1.29 is 4.42 Å². The summed E-state index contributed by atoms with van der Waals surface area (Å²) < 4.78 is 5.70. The molecule has 2 heterocycles. The van der Waals surface area contributed by atoms with Crippen molar-refractivity contribution >= 4 is 34.6 Å². The first-order valence-electron chi connectivity index (χ1n) is 6.81. The van der Waals surface area contributed by atoms with E-state index in [-0.39, 0.29) is 0 Å². The average molecular weight is 305 g/mol. The second-order valence-electron chi connectivity index (χ2n) is 4.68. The van der Waals surface area contributed by atoms with Crippen LogP contribution in [-0.2, 0) is 0 Å². The van der Waals surface area contributed by atoms with Crippen LogP contribution in [0, 0.1) is 0 Å². The zero-order chi connectivity index (χ0) is 14.8. The Morgan fingerprint density at radius 3 is 2.55 bits per heavy atom. The number of oxazole rings is 1. The topological polar surface area (TPSA) is 51.8 Å². The molecule has 0 fully saturated rings. The molecule has 0 N–H and O–H groups in total. The van der Waals surface area contributed by atoms with Crippen LogP contribution in [-0.4, -0.2) is 15.2 Å². The predicted molar refractivity (Wildman–Crippen MR) is 88.3 cm³/mol. The van der Waals surface area contributed by atoms with Crippen molar-refractivity contribution in [2.45, 2.75) is 0 Å². The average Bonchev–Trinajstić information content (AvgIpc) is 3.20. The third-order valence-electron chi connectivity index (χ3n) is 3.14. The van der Waals surface area contributed by atoms with Gasteiger partial charge in [0, 0.05) is 0 Å². The standard InChI is InChI=1S/C17H11N3OS/c1-2-6-12(7-3-1)10-11-15-19-20-17(22-15)16-18-13-8-4-5-9-14(13)21-16/h1-11H. The molecule has 2 aromatic carbocycles. The maximum absolute atomic E-state index is 5.70. The van der Waals surface area contributed by atoms with Crippen molar-refractivity contribution in [3.8, 4) is 10.9 Å². The smallest absolute Gasteiger partial charge is 0.258 e. The summed E-state index contributed by atoms with van der Waals surface area (Å²) in [7, 11) is 0. The van der Waals surface area contributed by atoms with E-state index in [0.29, 0.717) is 10.9 Å². The highest BCUT2D eigenvalue weighted by Crippen LogP contribution is 2.27. The molecule has 22 heavy (non-hydrogen) atoms. The lowest BCUT2D eigenvalue weighted by Gasteiger charge is -1.88. The molecular weight excluding hydrogens is 294 g/mol. The van der Waals surface area contributed by atoms with Gasteiger partial charge in [0.15, 0.2) is 5.58 Å². The first-order chi connectivity index (χ1) is 10.9. The summed E-state index contributed by atoms with van der Waals surface area (Å²) in [5.74, 6) is 0.512. The van der Waals surface area contributed by atoms with Crippen molar-refractivity contribution in [1.29, 1.82) is 0 Å². The van der Waals surface area contributed by atoms with E-state index in [4.69, 9.17) is 4.42 Å². The van der Waals surface area contributed by atoms with Crippen LogP contribution < -0.4 is 0 Å². The number of para-hydroxylation sites is 2. The minimum absolute atomic E-state index is 0.512. The van der Waals surface area contributed by atoms with Gasteiger partial charge in [0.2, 0.25) is 5.01 Å². The van der Waals surface area contributed by atoms with Gasteiger partial charge in [0.1, 0.15) is 10.5 Å². The lowest BCUT2D eigenvalue weighted by atomic mass is 10.2. The van der Waals surface area contributed by atoms with Crippen LogP contribution in [0.25, 0.3) is 34.2 Å². The zero-order valence-corrected chi connectivity index (χ0v) is 12.3. The lowest BCUT2D eigenvalue weighted by molar-refractivity contribution is 0.618.